The fraction of sp³-hybridized carbons (Fsp3) is 0.100. The van der Waals surface area contributed by atoms with Gasteiger partial charge in [0, 0.05) is 16.7 Å². The summed E-state index contributed by atoms with van der Waals surface area (Å²) in [5.41, 5.74) is 5.42. The second-order valence-corrected chi connectivity index (χ2v) is 9.61. The Labute approximate surface area is 214 Å². The van der Waals surface area contributed by atoms with Crippen LogP contribution >= 0.6 is 11.8 Å². The molecule has 1 N–H and O–H groups in total. The minimum absolute atomic E-state index is 0.0286. The zero-order valence-corrected chi connectivity index (χ0v) is 20.7. The lowest BCUT2D eigenvalue weighted by molar-refractivity contribution is -0.114. The van der Waals surface area contributed by atoms with Gasteiger partial charge in [-0.2, -0.15) is 0 Å². The van der Waals surface area contributed by atoms with Crippen molar-refractivity contribution in [2.75, 3.05) is 4.90 Å². The predicted octanol–water partition coefficient (Wildman–Crippen LogP) is 6.00. The van der Waals surface area contributed by atoms with Crippen LogP contribution in [0.25, 0.3) is 6.08 Å². The molecule has 0 bridgehead atoms. The van der Waals surface area contributed by atoms with Crippen LogP contribution in [0, 0.1) is 6.92 Å². The molecule has 1 aliphatic heterocycles. The topological polar surface area (TPSA) is 62.3 Å². The van der Waals surface area contributed by atoms with Crippen LogP contribution in [0.1, 0.15) is 32.7 Å². The molecule has 0 atom stereocenters. The number of hydrogen-bond acceptors (Lipinski definition) is 4. The SMILES string of the molecule is Cc1ccccc1CN1C(=O)/C(=C\c2ccc(C(=O)NCc3ccccn3)cc2)Sc2ccccc21. The lowest BCUT2D eigenvalue weighted by atomic mass is 10.1. The first-order valence-corrected chi connectivity index (χ1v) is 12.5. The summed E-state index contributed by atoms with van der Waals surface area (Å²) in [5, 5.41) is 2.89. The van der Waals surface area contributed by atoms with E-state index in [9.17, 15) is 9.59 Å². The molecule has 178 valence electrons. The Kier molecular flexibility index (Phi) is 6.96. The largest absolute Gasteiger partial charge is 0.346 e. The standard InChI is InChI=1S/C30H25N3O2S/c1-21-8-2-3-9-24(21)20-33-26-11-4-5-12-27(26)36-28(30(33)35)18-22-13-15-23(16-14-22)29(34)32-19-25-10-6-7-17-31-25/h2-18H,19-20H2,1H3,(H,32,34)/b28-18+. The van der Waals surface area contributed by atoms with E-state index in [1.54, 1.807) is 18.3 Å². The summed E-state index contributed by atoms with van der Waals surface area (Å²) in [7, 11) is 0. The van der Waals surface area contributed by atoms with Gasteiger partial charge in [0.05, 0.1) is 29.4 Å². The number of para-hydroxylation sites is 1. The quantitative estimate of drug-likeness (QED) is 0.336. The van der Waals surface area contributed by atoms with Gasteiger partial charge in [0.25, 0.3) is 11.8 Å². The maximum atomic E-state index is 13.6. The van der Waals surface area contributed by atoms with Crippen molar-refractivity contribution >= 4 is 35.3 Å². The Balaban J connectivity index is 1.35. The van der Waals surface area contributed by atoms with Gasteiger partial charge in [-0.15, -0.1) is 0 Å². The Morgan fingerprint density at radius 2 is 1.69 bits per heavy atom. The molecule has 0 spiro atoms. The van der Waals surface area contributed by atoms with E-state index in [0.717, 1.165) is 33.0 Å². The number of thioether (sulfide) groups is 1. The smallest absolute Gasteiger partial charge is 0.265 e. The van der Waals surface area contributed by atoms with Crippen molar-refractivity contribution in [3.05, 3.63) is 130 Å². The molecule has 5 rings (SSSR count). The van der Waals surface area contributed by atoms with E-state index in [0.29, 0.717) is 23.6 Å². The van der Waals surface area contributed by atoms with Crippen molar-refractivity contribution in [3.8, 4) is 0 Å². The molecule has 2 heterocycles. The Morgan fingerprint density at radius 1 is 0.944 bits per heavy atom. The van der Waals surface area contributed by atoms with Gasteiger partial charge in [-0.3, -0.25) is 14.6 Å². The van der Waals surface area contributed by atoms with Crippen molar-refractivity contribution in [1.29, 1.82) is 0 Å². The van der Waals surface area contributed by atoms with Gasteiger partial charge in [0.1, 0.15) is 0 Å². The molecule has 0 radical (unpaired) electrons. The van der Waals surface area contributed by atoms with E-state index >= 15 is 0 Å². The van der Waals surface area contributed by atoms with E-state index in [1.165, 1.54) is 11.8 Å². The molecule has 2 amide bonds. The number of carbonyl (C=O) groups is 2. The minimum Gasteiger partial charge on any atom is -0.346 e. The first kappa shape index (κ1) is 23.6. The first-order chi connectivity index (χ1) is 17.6. The lowest BCUT2D eigenvalue weighted by Gasteiger charge is -2.31. The number of benzene rings is 3. The summed E-state index contributed by atoms with van der Waals surface area (Å²) in [6, 6.07) is 29.0. The number of nitrogens with zero attached hydrogens (tertiary/aromatic N) is 2. The molecule has 0 saturated carbocycles. The van der Waals surface area contributed by atoms with Crippen LogP contribution < -0.4 is 10.2 Å². The molecule has 36 heavy (non-hydrogen) atoms. The van der Waals surface area contributed by atoms with Gasteiger partial charge in [0.15, 0.2) is 0 Å². The number of hydrogen-bond donors (Lipinski definition) is 1. The molecule has 0 fully saturated rings. The van der Waals surface area contributed by atoms with E-state index in [2.05, 4.69) is 29.4 Å². The molecule has 5 nitrogen and oxygen atoms in total. The summed E-state index contributed by atoms with van der Waals surface area (Å²) in [5.74, 6) is -0.194. The highest BCUT2D eigenvalue weighted by Gasteiger charge is 2.29. The molecule has 1 aromatic heterocycles. The Bertz CT molecular complexity index is 1430. The zero-order valence-electron chi connectivity index (χ0n) is 19.8. The van der Waals surface area contributed by atoms with Gasteiger partial charge in [0.2, 0.25) is 0 Å². The predicted molar refractivity (Wildman–Crippen MR) is 144 cm³/mol. The first-order valence-electron chi connectivity index (χ1n) is 11.7. The molecular formula is C30H25N3O2S. The van der Waals surface area contributed by atoms with Gasteiger partial charge in [-0.05, 0) is 66.1 Å². The second kappa shape index (κ2) is 10.6. The number of nitrogens with one attached hydrogen (secondary N) is 1. The van der Waals surface area contributed by atoms with Crippen molar-refractivity contribution in [1.82, 2.24) is 10.3 Å². The maximum absolute atomic E-state index is 13.6. The molecule has 0 unspecified atom stereocenters. The van der Waals surface area contributed by atoms with Gasteiger partial charge in [-0.1, -0.05) is 66.4 Å². The third kappa shape index (κ3) is 5.24. The van der Waals surface area contributed by atoms with E-state index in [4.69, 9.17) is 0 Å². The second-order valence-electron chi connectivity index (χ2n) is 8.52. The molecule has 1 aliphatic rings. The highest BCUT2D eigenvalue weighted by molar-refractivity contribution is 8.04. The van der Waals surface area contributed by atoms with Crippen LogP contribution in [0.4, 0.5) is 5.69 Å². The number of fused-ring (bicyclic) bond motifs is 1. The van der Waals surface area contributed by atoms with Gasteiger partial charge in [-0.25, -0.2) is 0 Å². The Hall–Kier alpha value is -4.16. The fourth-order valence-corrected chi connectivity index (χ4v) is 5.09. The summed E-state index contributed by atoms with van der Waals surface area (Å²) in [6.45, 7) is 2.94. The van der Waals surface area contributed by atoms with Crippen molar-refractivity contribution in [3.63, 3.8) is 0 Å². The molecule has 3 aromatic carbocycles. The van der Waals surface area contributed by atoms with Crippen LogP contribution in [0.3, 0.4) is 0 Å². The lowest BCUT2D eigenvalue weighted by Crippen LogP contribution is -2.33. The number of rotatable bonds is 6. The van der Waals surface area contributed by atoms with Crippen LogP contribution in [-0.4, -0.2) is 16.8 Å². The number of amides is 2. The van der Waals surface area contributed by atoms with Crippen LogP contribution in [0.2, 0.25) is 0 Å². The zero-order chi connectivity index (χ0) is 24.9. The molecule has 4 aromatic rings. The minimum atomic E-state index is -0.165. The number of aryl methyl sites for hydroxylation is 1. The normalized spacial score (nSPS) is 14.0. The van der Waals surface area contributed by atoms with Crippen molar-refractivity contribution in [2.45, 2.75) is 24.9 Å². The summed E-state index contributed by atoms with van der Waals surface area (Å²) >= 11 is 1.48. The fourth-order valence-electron chi connectivity index (χ4n) is 4.03. The molecular weight excluding hydrogens is 466 g/mol. The maximum Gasteiger partial charge on any atom is 0.265 e. The Morgan fingerprint density at radius 3 is 2.47 bits per heavy atom. The average molecular weight is 492 g/mol. The third-order valence-corrected chi connectivity index (χ3v) is 7.13. The number of pyridine rings is 1. The van der Waals surface area contributed by atoms with Crippen LogP contribution in [-0.2, 0) is 17.9 Å². The van der Waals surface area contributed by atoms with E-state index < -0.39 is 0 Å². The number of aromatic nitrogens is 1. The van der Waals surface area contributed by atoms with Crippen LogP contribution in [0.15, 0.2) is 107 Å². The monoisotopic (exact) mass is 491 g/mol. The van der Waals surface area contributed by atoms with E-state index in [-0.39, 0.29) is 11.8 Å². The highest BCUT2D eigenvalue weighted by Crippen LogP contribution is 2.42. The van der Waals surface area contributed by atoms with Crippen LogP contribution in [0.5, 0.6) is 0 Å². The number of carbonyl (C=O) groups excluding carboxylic acids is 2. The molecule has 0 aliphatic carbocycles. The average Bonchev–Trinajstić information content (AvgIpc) is 2.91. The van der Waals surface area contributed by atoms with Gasteiger partial charge < -0.3 is 10.2 Å². The third-order valence-electron chi connectivity index (χ3n) is 6.05. The summed E-state index contributed by atoms with van der Waals surface area (Å²) < 4.78 is 0. The van der Waals surface area contributed by atoms with Crippen molar-refractivity contribution < 1.29 is 9.59 Å². The van der Waals surface area contributed by atoms with Crippen molar-refractivity contribution in [2.24, 2.45) is 0 Å². The summed E-state index contributed by atoms with van der Waals surface area (Å²) in [4.78, 5) is 33.9. The van der Waals surface area contributed by atoms with E-state index in [1.807, 2.05) is 77.7 Å². The molecule has 6 heteroatoms. The number of anilines is 1. The highest BCUT2D eigenvalue weighted by atomic mass is 32.2. The molecule has 0 saturated heterocycles. The van der Waals surface area contributed by atoms with Gasteiger partial charge >= 0.3 is 0 Å². The summed E-state index contributed by atoms with van der Waals surface area (Å²) in [6.07, 6.45) is 3.60.